The molecule has 1 aliphatic heterocycles. The lowest BCUT2D eigenvalue weighted by Crippen LogP contribution is -2.41. The molecule has 2 unspecified atom stereocenters. The van der Waals surface area contributed by atoms with Gasteiger partial charge in [0.25, 0.3) is 0 Å². The van der Waals surface area contributed by atoms with Crippen LogP contribution in [0.5, 0.6) is 0 Å². The van der Waals surface area contributed by atoms with Crippen molar-refractivity contribution in [1.29, 1.82) is 0 Å². The molecule has 1 fully saturated rings. The summed E-state index contributed by atoms with van der Waals surface area (Å²) in [5.41, 5.74) is 10.0. The van der Waals surface area contributed by atoms with Gasteiger partial charge in [0, 0.05) is 21.6 Å². The zero-order chi connectivity index (χ0) is 13.5. The average molecular weight is 321 g/mol. The highest BCUT2D eigenvalue weighted by Crippen LogP contribution is 2.52. The Hall–Kier alpha value is -0.800. The maximum atomic E-state index is 5.94. The van der Waals surface area contributed by atoms with E-state index < -0.39 is 0 Å². The summed E-state index contributed by atoms with van der Waals surface area (Å²) < 4.78 is 1.14. The second kappa shape index (κ2) is 4.95. The molecule has 0 saturated heterocycles. The summed E-state index contributed by atoms with van der Waals surface area (Å²) in [5, 5.41) is 3.72. The van der Waals surface area contributed by atoms with Crippen molar-refractivity contribution < 1.29 is 0 Å². The molecule has 3 rings (SSSR count). The number of anilines is 1. The van der Waals surface area contributed by atoms with Gasteiger partial charge in [-0.3, -0.25) is 0 Å². The third kappa shape index (κ3) is 1.95. The van der Waals surface area contributed by atoms with Crippen molar-refractivity contribution in [2.45, 2.75) is 43.6 Å². The van der Waals surface area contributed by atoms with Crippen LogP contribution in [0.15, 0.2) is 34.8 Å². The molecule has 1 aromatic rings. The van der Waals surface area contributed by atoms with Crippen molar-refractivity contribution in [1.82, 2.24) is 0 Å². The zero-order valence-corrected chi connectivity index (χ0v) is 12.8. The van der Waals surface area contributed by atoms with E-state index in [1.54, 1.807) is 0 Å². The monoisotopic (exact) mass is 320 g/mol. The predicted octanol–water partition coefficient (Wildman–Crippen LogP) is 3.96. The van der Waals surface area contributed by atoms with Gasteiger partial charge >= 0.3 is 0 Å². The lowest BCUT2D eigenvalue weighted by Gasteiger charge is -2.36. The number of hydrogen-bond acceptors (Lipinski definition) is 2. The molecule has 3 heteroatoms. The zero-order valence-electron chi connectivity index (χ0n) is 11.2. The number of hydrogen-bond donors (Lipinski definition) is 2. The number of nitrogens with two attached hydrogens (primary N) is 1. The van der Waals surface area contributed by atoms with Crippen molar-refractivity contribution >= 4 is 21.6 Å². The fourth-order valence-electron chi connectivity index (χ4n) is 3.89. The van der Waals surface area contributed by atoms with Crippen LogP contribution in [-0.4, -0.2) is 12.6 Å². The molecule has 1 heterocycles. The Morgan fingerprint density at radius 2 is 2.26 bits per heavy atom. The summed E-state index contributed by atoms with van der Waals surface area (Å²) in [4.78, 5) is 0. The minimum atomic E-state index is 0.0460. The molecule has 0 aromatic heterocycles. The fourth-order valence-corrected chi connectivity index (χ4v) is 4.25. The van der Waals surface area contributed by atoms with Crippen LogP contribution in [0.4, 0.5) is 5.69 Å². The van der Waals surface area contributed by atoms with Gasteiger partial charge in [0.15, 0.2) is 0 Å². The van der Waals surface area contributed by atoms with Gasteiger partial charge < -0.3 is 11.1 Å². The van der Waals surface area contributed by atoms with Crippen LogP contribution >= 0.6 is 15.9 Å². The minimum absolute atomic E-state index is 0.0460. The first-order chi connectivity index (χ1) is 9.18. The molecule has 1 saturated carbocycles. The van der Waals surface area contributed by atoms with E-state index in [-0.39, 0.29) is 5.41 Å². The van der Waals surface area contributed by atoms with Crippen molar-refractivity contribution in [2.24, 2.45) is 5.73 Å². The SMILES string of the molecule is C=C1CCCCC2Nc3ccc(Br)cc3C12CCN. The van der Waals surface area contributed by atoms with Gasteiger partial charge in [0.05, 0.1) is 0 Å². The standard InChI is InChI=1S/C16H21BrN2/c1-11-4-2-3-5-15-16(11,8-9-18)13-10-12(17)6-7-14(13)19-15/h6-7,10,15,19H,1-5,8-9,18H2. The Labute approximate surface area is 123 Å². The Morgan fingerprint density at radius 3 is 3.05 bits per heavy atom. The number of halogens is 1. The lowest BCUT2D eigenvalue weighted by molar-refractivity contribution is 0.411. The summed E-state index contributed by atoms with van der Waals surface area (Å²) >= 11 is 3.61. The van der Waals surface area contributed by atoms with Crippen LogP contribution < -0.4 is 11.1 Å². The molecule has 2 atom stereocenters. The molecular formula is C16H21BrN2. The maximum Gasteiger partial charge on any atom is 0.0396 e. The average Bonchev–Trinajstić information content (AvgIpc) is 2.61. The second-order valence-corrected chi connectivity index (χ2v) is 6.66. The van der Waals surface area contributed by atoms with E-state index in [1.165, 1.54) is 36.1 Å². The molecule has 0 radical (unpaired) electrons. The van der Waals surface area contributed by atoms with E-state index in [0.717, 1.165) is 17.3 Å². The van der Waals surface area contributed by atoms with Crippen molar-refractivity contribution in [3.63, 3.8) is 0 Å². The molecule has 1 aromatic carbocycles. The van der Waals surface area contributed by atoms with Crippen LogP contribution in [0.2, 0.25) is 0 Å². The third-order valence-corrected chi connectivity index (χ3v) is 5.27. The minimum Gasteiger partial charge on any atom is -0.381 e. The van der Waals surface area contributed by atoms with Crippen molar-refractivity contribution in [3.05, 3.63) is 40.4 Å². The van der Waals surface area contributed by atoms with E-state index >= 15 is 0 Å². The van der Waals surface area contributed by atoms with E-state index in [9.17, 15) is 0 Å². The first-order valence-corrected chi connectivity index (χ1v) is 7.92. The van der Waals surface area contributed by atoms with Crippen LogP contribution in [0.1, 0.15) is 37.7 Å². The number of benzene rings is 1. The Kier molecular flexibility index (Phi) is 3.44. The molecule has 0 bridgehead atoms. The molecular weight excluding hydrogens is 300 g/mol. The topological polar surface area (TPSA) is 38.0 Å². The lowest BCUT2D eigenvalue weighted by atomic mass is 9.68. The van der Waals surface area contributed by atoms with Crippen LogP contribution in [0.25, 0.3) is 0 Å². The van der Waals surface area contributed by atoms with Gasteiger partial charge in [0.2, 0.25) is 0 Å². The number of fused-ring (bicyclic) bond motifs is 3. The van der Waals surface area contributed by atoms with Crippen LogP contribution in [0, 0.1) is 0 Å². The van der Waals surface area contributed by atoms with Gasteiger partial charge in [0.1, 0.15) is 0 Å². The van der Waals surface area contributed by atoms with Crippen LogP contribution in [-0.2, 0) is 5.41 Å². The quantitative estimate of drug-likeness (QED) is 0.809. The Balaban J connectivity index is 2.16. The maximum absolute atomic E-state index is 5.94. The summed E-state index contributed by atoms with van der Waals surface area (Å²) in [6, 6.07) is 7.01. The first-order valence-electron chi connectivity index (χ1n) is 7.13. The van der Waals surface area contributed by atoms with Gasteiger partial charge in [-0.2, -0.15) is 0 Å². The molecule has 2 aliphatic rings. The van der Waals surface area contributed by atoms with E-state index in [2.05, 4.69) is 46.0 Å². The van der Waals surface area contributed by atoms with Crippen molar-refractivity contribution in [2.75, 3.05) is 11.9 Å². The first kappa shape index (κ1) is 13.2. The Bertz CT molecular complexity index is 511. The highest BCUT2D eigenvalue weighted by Gasteiger charge is 2.48. The summed E-state index contributed by atoms with van der Waals surface area (Å²) in [5.74, 6) is 0. The Morgan fingerprint density at radius 1 is 1.42 bits per heavy atom. The highest BCUT2D eigenvalue weighted by molar-refractivity contribution is 9.10. The normalized spacial score (nSPS) is 29.4. The molecule has 3 N–H and O–H groups in total. The predicted molar refractivity (Wildman–Crippen MR) is 84.5 cm³/mol. The largest absolute Gasteiger partial charge is 0.381 e. The number of nitrogens with one attached hydrogen (secondary N) is 1. The highest BCUT2D eigenvalue weighted by atomic mass is 79.9. The van der Waals surface area contributed by atoms with E-state index in [4.69, 9.17) is 5.73 Å². The smallest absolute Gasteiger partial charge is 0.0396 e. The number of rotatable bonds is 2. The summed E-state index contributed by atoms with van der Waals surface area (Å²) in [6.45, 7) is 5.14. The van der Waals surface area contributed by atoms with Crippen molar-refractivity contribution in [3.8, 4) is 0 Å². The molecule has 2 nitrogen and oxygen atoms in total. The third-order valence-electron chi connectivity index (χ3n) is 4.78. The van der Waals surface area contributed by atoms with Gasteiger partial charge in [-0.05, 0) is 56.0 Å². The van der Waals surface area contributed by atoms with Gasteiger partial charge in [-0.25, -0.2) is 0 Å². The summed E-state index contributed by atoms with van der Waals surface area (Å²) in [6.07, 6.45) is 5.87. The molecule has 102 valence electrons. The molecule has 19 heavy (non-hydrogen) atoms. The van der Waals surface area contributed by atoms with E-state index in [1.807, 2.05) is 0 Å². The molecule has 1 aliphatic carbocycles. The fraction of sp³-hybridized carbons (Fsp3) is 0.500. The molecule has 0 spiro atoms. The van der Waals surface area contributed by atoms with Crippen LogP contribution in [0.3, 0.4) is 0 Å². The van der Waals surface area contributed by atoms with Gasteiger partial charge in [-0.1, -0.05) is 34.5 Å². The van der Waals surface area contributed by atoms with Gasteiger partial charge in [-0.15, -0.1) is 0 Å². The molecule has 0 amide bonds. The summed E-state index contributed by atoms with van der Waals surface area (Å²) in [7, 11) is 0. The van der Waals surface area contributed by atoms with E-state index in [0.29, 0.717) is 12.6 Å². The second-order valence-electron chi connectivity index (χ2n) is 5.75.